The highest BCUT2D eigenvalue weighted by molar-refractivity contribution is 5.82. The standard InChI is InChI=1S/C16H30N2O/c1-13(2)18-9-7-17(8-10-18)12-14-11-16(3,4)6-5-15(14)19/h13-14H,5-12H2,1-4H3. The van der Waals surface area contributed by atoms with Gasteiger partial charge in [-0.05, 0) is 32.1 Å². The molecule has 1 heterocycles. The first-order valence-corrected chi connectivity index (χ1v) is 7.86. The van der Waals surface area contributed by atoms with E-state index in [1.165, 1.54) is 0 Å². The molecule has 3 heteroatoms. The molecule has 0 amide bonds. The second-order valence-electron chi connectivity index (χ2n) is 7.46. The van der Waals surface area contributed by atoms with Gasteiger partial charge in [0.1, 0.15) is 5.78 Å². The van der Waals surface area contributed by atoms with Gasteiger partial charge in [0.2, 0.25) is 0 Å². The molecule has 0 aromatic heterocycles. The summed E-state index contributed by atoms with van der Waals surface area (Å²) in [5, 5.41) is 0. The molecule has 1 aliphatic carbocycles. The van der Waals surface area contributed by atoms with E-state index in [0.717, 1.165) is 52.0 Å². The van der Waals surface area contributed by atoms with Crippen molar-refractivity contribution in [2.75, 3.05) is 32.7 Å². The molecule has 0 aromatic rings. The molecular weight excluding hydrogens is 236 g/mol. The van der Waals surface area contributed by atoms with E-state index in [4.69, 9.17) is 0 Å². The Balaban J connectivity index is 1.83. The first kappa shape index (κ1) is 15.0. The lowest BCUT2D eigenvalue weighted by Crippen LogP contribution is -2.51. The molecule has 1 atom stereocenters. The minimum Gasteiger partial charge on any atom is -0.300 e. The highest BCUT2D eigenvalue weighted by atomic mass is 16.1. The maximum absolute atomic E-state index is 12.1. The van der Waals surface area contributed by atoms with E-state index in [-0.39, 0.29) is 5.92 Å². The summed E-state index contributed by atoms with van der Waals surface area (Å²) < 4.78 is 0. The summed E-state index contributed by atoms with van der Waals surface area (Å²) in [6.07, 6.45) is 2.95. The van der Waals surface area contributed by atoms with Crippen molar-refractivity contribution in [2.45, 2.75) is 53.0 Å². The highest BCUT2D eigenvalue weighted by Crippen LogP contribution is 2.37. The lowest BCUT2D eigenvalue weighted by Gasteiger charge is -2.40. The van der Waals surface area contributed by atoms with Crippen molar-refractivity contribution in [2.24, 2.45) is 11.3 Å². The average Bonchev–Trinajstić information content (AvgIpc) is 2.34. The van der Waals surface area contributed by atoms with Crippen LogP contribution < -0.4 is 0 Å². The van der Waals surface area contributed by atoms with Gasteiger partial charge in [0, 0.05) is 51.1 Å². The largest absolute Gasteiger partial charge is 0.300 e. The smallest absolute Gasteiger partial charge is 0.137 e. The predicted octanol–water partition coefficient (Wildman–Crippen LogP) is 2.41. The Kier molecular flexibility index (Phi) is 4.67. The van der Waals surface area contributed by atoms with Gasteiger partial charge in [-0.25, -0.2) is 0 Å². The normalized spacial score (nSPS) is 29.9. The first-order valence-electron chi connectivity index (χ1n) is 7.86. The van der Waals surface area contributed by atoms with Crippen LogP contribution in [0.5, 0.6) is 0 Å². The van der Waals surface area contributed by atoms with E-state index in [2.05, 4.69) is 37.5 Å². The molecule has 1 unspecified atom stereocenters. The molecule has 1 aliphatic heterocycles. The van der Waals surface area contributed by atoms with Crippen LogP contribution in [-0.4, -0.2) is 54.3 Å². The monoisotopic (exact) mass is 266 g/mol. The molecule has 19 heavy (non-hydrogen) atoms. The Bertz CT molecular complexity index is 317. The van der Waals surface area contributed by atoms with E-state index >= 15 is 0 Å². The molecule has 0 N–H and O–H groups in total. The number of hydrogen-bond acceptors (Lipinski definition) is 3. The Morgan fingerprint density at radius 2 is 1.84 bits per heavy atom. The van der Waals surface area contributed by atoms with Gasteiger partial charge in [0.25, 0.3) is 0 Å². The fourth-order valence-corrected chi connectivity index (χ4v) is 3.49. The topological polar surface area (TPSA) is 23.6 Å². The SMILES string of the molecule is CC(C)N1CCN(CC2CC(C)(C)CCC2=O)CC1. The molecule has 0 aromatic carbocycles. The molecule has 0 spiro atoms. The summed E-state index contributed by atoms with van der Waals surface area (Å²) >= 11 is 0. The van der Waals surface area contributed by atoms with Gasteiger partial charge in [0.15, 0.2) is 0 Å². The second-order valence-corrected chi connectivity index (χ2v) is 7.46. The van der Waals surface area contributed by atoms with Crippen molar-refractivity contribution in [3.05, 3.63) is 0 Å². The average molecular weight is 266 g/mol. The van der Waals surface area contributed by atoms with E-state index in [1.54, 1.807) is 0 Å². The highest BCUT2D eigenvalue weighted by Gasteiger charge is 2.34. The van der Waals surface area contributed by atoms with Crippen LogP contribution in [0.1, 0.15) is 47.0 Å². The predicted molar refractivity (Wildman–Crippen MR) is 79.3 cm³/mol. The zero-order valence-corrected chi connectivity index (χ0v) is 13.1. The van der Waals surface area contributed by atoms with Crippen molar-refractivity contribution >= 4 is 5.78 Å². The minimum atomic E-state index is 0.286. The van der Waals surface area contributed by atoms with E-state index in [0.29, 0.717) is 17.2 Å². The number of hydrogen-bond donors (Lipinski definition) is 0. The van der Waals surface area contributed by atoms with Crippen molar-refractivity contribution in [3.8, 4) is 0 Å². The molecular formula is C16H30N2O. The van der Waals surface area contributed by atoms with Gasteiger partial charge in [-0.15, -0.1) is 0 Å². The maximum Gasteiger partial charge on any atom is 0.137 e. The number of ketones is 1. The Morgan fingerprint density at radius 3 is 2.42 bits per heavy atom. The van der Waals surface area contributed by atoms with Crippen molar-refractivity contribution in [1.82, 2.24) is 9.80 Å². The fraction of sp³-hybridized carbons (Fsp3) is 0.938. The number of Topliss-reactive ketones (excluding diaryl/α,β-unsaturated/α-hetero) is 1. The molecule has 2 rings (SSSR count). The van der Waals surface area contributed by atoms with E-state index in [9.17, 15) is 4.79 Å². The van der Waals surface area contributed by atoms with E-state index in [1.807, 2.05) is 0 Å². The summed E-state index contributed by atoms with van der Waals surface area (Å²) in [6, 6.07) is 0.650. The lowest BCUT2D eigenvalue weighted by atomic mass is 9.71. The third-order valence-corrected chi connectivity index (χ3v) is 4.92. The van der Waals surface area contributed by atoms with Crippen LogP contribution in [0.2, 0.25) is 0 Å². The molecule has 1 saturated heterocycles. The second kappa shape index (κ2) is 5.92. The van der Waals surface area contributed by atoms with Crippen LogP contribution in [0.3, 0.4) is 0 Å². The zero-order chi connectivity index (χ0) is 14.0. The Hall–Kier alpha value is -0.410. The van der Waals surface area contributed by atoms with Crippen LogP contribution in [0.4, 0.5) is 0 Å². The number of nitrogens with zero attached hydrogens (tertiary/aromatic N) is 2. The van der Waals surface area contributed by atoms with Gasteiger partial charge in [-0.1, -0.05) is 13.8 Å². The number of carbonyl (C=O) groups excluding carboxylic acids is 1. The minimum absolute atomic E-state index is 0.286. The van der Waals surface area contributed by atoms with Crippen LogP contribution in [0, 0.1) is 11.3 Å². The summed E-state index contributed by atoms with van der Waals surface area (Å²) in [5.74, 6) is 0.792. The molecule has 110 valence electrons. The van der Waals surface area contributed by atoms with Gasteiger partial charge in [-0.2, -0.15) is 0 Å². The first-order chi connectivity index (χ1) is 8.87. The zero-order valence-electron chi connectivity index (χ0n) is 13.1. The molecule has 2 fully saturated rings. The molecule has 0 radical (unpaired) electrons. The van der Waals surface area contributed by atoms with Gasteiger partial charge in [0.05, 0.1) is 0 Å². The summed E-state index contributed by atoms with van der Waals surface area (Å²) in [4.78, 5) is 17.1. The van der Waals surface area contributed by atoms with Gasteiger partial charge < -0.3 is 4.90 Å². The maximum atomic E-state index is 12.1. The van der Waals surface area contributed by atoms with Crippen molar-refractivity contribution in [1.29, 1.82) is 0 Å². The molecule has 3 nitrogen and oxygen atoms in total. The molecule has 2 aliphatic rings. The number of piperazine rings is 1. The van der Waals surface area contributed by atoms with Crippen molar-refractivity contribution < 1.29 is 4.79 Å². The molecule has 1 saturated carbocycles. The summed E-state index contributed by atoms with van der Waals surface area (Å²) in [6.45, 7) is 14.7. The van der Waals surface area contributed by atoms with Crippen LogP contribution in [0.25, 0.3) is 0 Å². The number of rotatable bonds is 3. The third kappa shape index (κ3) is 4.03. The van der Waals surface area contributed by atoms with Gasteiger partial charge in [-0.3, -0.25) is 9.69 Å². The third-order valence-electron chi connectivity index (χ3n) is 4.92. The Morgan fingerprint density at radius 1 is 1.21 bits per heavy atom. The Labute approximate surface area is 118 Å². The number of carbonyl (C=O) groups is 1. The van der Waals surface area contributed by atoms with Crippen LogP contribution in [0.15, 0.2) is 0 Å². The van der Waals surface area contributed by atoms with Crippen molar-refractivity contribution in [3.63, 3.8) is 0 Å². The summed E-state index contributed by atoms with van der Waals surface area (Å²) in [7, 11) is 0. The molecule has 0 bridgehead atoms. The van der Waals surface area contributed by atoms with Gasteiger partial charge >= 0.3 is 0 Å². The quantitative estimate of drug-likeness (QED) is 0.784. The van der Waals surface area contributed by atoms with E-state index < -0.39 is 0 Å². The fourth-order valence-electron chi connectivity index (χ4n) is 3.49. The van der Waals surface area contributed by atoms with Crippen LogP contribution >= 0.6 is 0 Å². The van der Waals surface area contributed by atoms with Crippen LogP contribution in [-0.2, 0) is 4.79 Å². The lowest BCUT2D eigenvalue weighted by molar-refractivity contribution is -0.128. The summed E-state index contributed by atoms with van der Waals surface area (Å²) in [5.41, 5.74) is 0.359.